The van der Waals surface area contributed by atoms with E-state index in [0.29, 0.717) is 0 Å². The molecule has 2 atom stereocenters. The Bertz CT molecular complexity index is 897. The molecule has 4 heterocycles. The van der Waals surface area contributed by atoms with Gasteiger partial charge in [0, 0.05) is 24.0 Å². The van der Waals surface area contributed by atoms with Crippen LogP contribution in [0.4, 0.5) is 11.4 Å². The zero-order chi connectivity index (χ0) is 17.0. The van der Waals surface area contributed by atoms with E-state index in [4.69, 9.17) is 9.73 Å². The number of ether oxygens (including phenoxy) is 1. The van der Waals surface area contributed by atoms with Gasteiger partial charge in [0.05, 0.1) is 19.1 Å². The lowest BCUT2D eigenvalue weighted by Crippen LogP contribution is -2.41. The molecule has 0 fully saturated rings. The average Bonchev–Trinajstić information content (AvgIpc) is 3.26. The number of anilines is 2. The number of pyridine rings is 1. The third-order valence-corrected chi connectivity index (χ3v) is 6.11. The molecule has 1 aromatic carbocycles. The van der Waals surface area contributed by atoms with Crippen LogP contribution in [0.3, 0.4) is 0 Å². The molecule has 6 nitrogen and oxygen atoms in total. The van der Waals surface area contributed by atoms with Gasteiger partial charge in [0.15, 0.2) is 0 Å². The Morgan fingerprint density at radius 3 is 2.96 bits per heavy atom. The monoisotopic (exact) mass is 352 g/mol. The molecule has 0 spiro atoms. The summed E-state index contributed by atoms with van der Waals surface area (Å²) in [6.45, 7) is 0.922. The number of aromatic nitrogens is 1. The number of amides is 1. The van der Waals surface area contributed by atoms with Crippen molar-refractivity contribution >= 4 is 35.4 Å². The number of nitrogens with one attached hydrogen (secondary N) is 1. The highest BCUT2D eigenvalue weighted by Gasteiger charge is 2.45. The topological polar surface area (TPSA) is 66.8 Å². The zero-order valence-corrected chi connectivity index (χ0v) is 14.4. The quantitative estimate of drug-likeness (QED) is 0.900. The van der Waals surface area contributed by atoms with Gasteiger partial charge < -0.3 is 10.1 Å². The molecular formula is C18H16N4O2S. The van der Waals surface area contributed by atoms with Crippen molar-refractivity contribution in [3.05, 3.63) is 41.6 Å². The molecule has 0 radical (unpaired) electrons. The van der Waals surface area contributed by atoms with Crippen molar-refractivity contribution in [2.75, 3.05) is 23.9 Å². The fraction of sp³-hybridized carbons (Fsp3) is 0.278. The van der Waals surface area contributed by atoms with Gasteiger partial charge >= 0.3 is 0 Å². The highest BCUT2D eigenvalue weighted by Crippen LogP contribution is 2.51. The van der Waals surface area contributed by atoms with E-state index in [0.717, 1.165) is 40.7 Å². The largest absolute Gasteiger partial charge is 0.497 e. The Morgan fingerprint density at radius 2 is 2.16 bits per heavy atom. The third kappa shape index (κ3) is 2.15. The minimum Gasteiger partial charge on any atom is -0.497 e. The van der Waals surface area contributed by atoms with Gasteiger partial charge in [-0.15, -0.1) is 0 Å². The van der Waals surface area contributed by atoms with Crippen molar-refractivity contribution < 1.29 is 9.53 Å². The Balaban J connectivity index is 1.51. The van der Waals surface area contributed by atoms with E-state index < -0.39 is 0 Å². The van der Waals surface area contributed by atoms with E-state index in [2.05, 4.69) is 10.3 Å². The van der Waals surface area contributed by atoms with E-state index in [-0.39, 0.29) is 17.2 Å². The van der Waals surface area contributed by atoms with Gasteiger partial charge in [-0.1, -0.05) is 11.8 Å². The first-order chi connectivity index (χ1) is 12.3. The molecule has 3 aliphatic heterocycles. The lowest BCUT2D eigenvalue weighted by atomic mass is 10.0. The number of carbonyl (C=O) groups excluding carboxylic acids is 1. The van der Waals surface area contributed by atoms with Crippen LogP contribution < -0.4 is 15.0 Å². The molecule has 1 N–H and O–H groups in total. The van der Waals surface area contributed by atoms with Crippen LogP contribution >= 0.6 is 11.8 Å². The minimum atomic E-state index is -0.261. The number of rotatable bonds is 2. The van der Waals surface area contributed by atoms with Crippen molar-refractivity contribution in [1.82, 2.24) is 4.98 Å². The van der Waals surface area contributed by atoms with Crippen LogP contribution in [0.5, 0.6) is 5.75 Å². The van der Waals surface area contributed by atoms with Gasteiger partial charge in [-0.25, -0.2) is 4.98 Å². The van der Waals surface area contributed by atoms with Crippen LogP contribution in [-0.4, -0.2) is 36.1 Å². The lowest BCUT2D eigenvalue weighted by molar-refractivity contribution is -0.117. The molecule has 5 rings (SSSR count). The molecule has 7 heteroatoms. The maximum atomic E-state index is 13.1. The summed E-state index contributed by atoms with van der Waals surface area (Å²) in [4.78, 5) is 24.0. The molecule has 0 saturated heterocycles. The van der Waals surface area contributed by atoms with Crippen molar-refractivity contribution in [1.29, 1.82) is 0 Å². The third-order valence-electron chi connectivity index (χ3n) is 4.85. The fourth-order valence-corrected chi connectivity index (χ4v) is 4.84. The molecule has 25 heavy (non-hydrogen) atoms. The standard InChI is InChI=1S/C18H16N4O2S/c1-24-12-4-2-11(3-5-12)22-9-21-15-13-14-10(6-7-19-14)8-20-17(13)25-16(15)18(22)23/h2-5,8-9,15-16,19H,6-7H2,1H3. The van der Waals surface area contributed by atoms with Gasteiger partial charge in [-0.2, -0.15) is 0 Å². The minimum absolute atomic E-state index is 0.0416. The molecule has 1 amide bonds. The number of hydrogen-bond acceptors (Lipinski definition) is 6. The summed E-state index contributed by atoms with van der Waals surface area (Å²) in [5.74, 6) is 0.802. The van der Waals surface area contributed by atoms with E-state index in [9.17, 15) is 4.79 Å². The van der Waals surface area contributed by atoms with Crippen LogP contribution in [0.25, 0.3) is 0 Å². The summed E-state index contributed by atoms with van der Waals surface area (Å²) in [6, 6.07) is 7.27. The van der Waals surface area contributed by atoms with Crippen LogP contribution in [0.15, 0.2) is 40.5 Å². The highest BCUT2D eigenvalue weighted by atomic mass is 32.2. The summed E-state index contributed by atoms with van der Waals surface area (Å²) in [5, 5.41) is 4.10. The van der Waals surface area contributed by atoms with E-state index >= 15 is 0 Å². The predicted octanol–water partition coefficient (Wildman–Crippen LogP) is 2.65. The normalized spacial score (nSPS) is 23.1. The number of hydrogen-bond donors (Lipinski definition) is 1. The van der Waals surface area contributed by atoms with Gasteiger partial charge in [-0.05, 0) is 36.2 Å². The number of nitrogens with zero attached hydrogens (tertiary/aromatic N) is 3. The first kappa shape index (κ1) is 14.8. The van der Waals surface area contributed by atoms with Crippen LogP contribution in [-0.2, 0) is 11.2 Å². The molecule has 0 bridgehead atoms. The van der Waals surface area contributed by atoms with Gasteiger partial charge in [0.25, 0.3) is 0 Å². The Morgan fingerprint density at radius 1 is 1.32 bits per heavy atom. The summed E-state index contributed by atoms with van der Waals surface area (Å²) in [6.07, 6.45) is 4.55. The highest BCUT2D eigenvalue weighted by molar-refractivity contribution is 8.01. The number of aliphatic imine (C=N–C) groups is 1. The van der Waals surface area contributed by atoms with Crippen LogP contribution in [0.2, 0.25) is 0 Å². The second-order valence-electron chi connectivity index (χ2n) is 6.21. The summed E-state index contributed by atoms with van der Waals surface area (Å²) in [5.41, 5.74) is 4.23. The Labute approximate surface area is 149 Å². The Kier molecular flexibility index (Phi) is 3.24. The van der Waals surface area contributed by atoms with E-state index in [1.54, 1.807) is 18.3 Å². The van der Waals surface area contributed by atoms with E-state index in [1.165, 1.54) is 17.3 Å². The van der Waals surface area contributed by atoms with Gasteiger partial charge in [0.1, 0.15) is 22.1 Å². The zero-order valence-electron chi connectivity index (χ0n) is 13.6. The smallest absolute Gasteiger partial charge is 0.248 e. The maximum absolute atomic E-state index is 13.1. The number of thioether (sulfide) groups is 1. The first-order valence-electron chi connectivity index (χ1n) is 8.19. The molecule has 0 aliphatic carbocycles. The molecular weight excluding hydrogens is 336 g/mol. The first-order valence-corrected chi connectivity index (χ1v) is 9.07. The number of fused-ring (bicyclic) bond motifs is 5. The molecule has 3 aliphatic rings. The van der Waals surface area contributed by atoms with Crippen molar-refractivity contribution in [3.8, 4) is 5.75 Å². The molecule has 1 aromatic heterocycles. The van der Waals surface area contributed by atoms with Crippen molar-refractivity contribution in [2.45, 2.75) is 22.7 Å². The van der Waals surface area contributed by atoms with E-state index in [1.807, 2.05) is 30.5 Å². The maximum Gasteiger partial charge on any atom is 0.248 e. The average molecular weight is 352 g/mol. The summed E-state index contributed by atoms with van der Waals surface area (Å²) >= 11 is 1.52. The molecule has 126 valence electrons. The van der Waals surface area contributed by atoms with Gasteiger partial charge in [-0.3, -0.25) is 14.7 Å². The summed E-state index contributed by atoms with van der Waals surface area (Å²) < 4.78 is 5.18. The SMILES string of the molecule is COc1ccc(N2C=NC3c4c(ncc5c4NCC5)SC3C2=O)cc1. The second-order valence-corrected chi connectivity index (χ2v) is 7.34. The fourth-order valence-electron chi connectivity index (χ4n) is 3.58. The number of methoxy groups -OCH3 is 1. The molecule has 2 aromatic rings. The van der Waals surface area contributed by atoms with Crippen molar-refractivity contribution in [3.63, 3.8) is 0 Å². The molecule has 0 saturated carbocycles. The second kappa shape index (κ2) is 5.49. The number of benzene rings is 1. The number of carbonyl (C=O) groups is 1. The summed E-state index contributed by atoms with van der Waals surface area (Å²) in [7, 11) is 1.62. The van der Waals surface area contributed by atoms with Gasteiger partial charge in [0.2, 0.25) is 5.91 Å². The predicted molar refractivity (Wildman–Crippen MR) is 97.8 cm³/mol. The molecule has 2 unspecified atom stereocenters. The van der Waals surface area contributed by atoms with Crippen LogP contribution in [0, 0.1) is 0 Å². The van der Waals surface area contributed by atoms with Crippen molar-refractivity contribution in [2.24, 2.45) is 4.99 Å². The lowest BCUT2D eigenvalue weighted by Gasteiger charge is -2.28. The Hall–Kier alpha value is -2.54. The van der Waals surface area contributed by atoms with Crippen LogP contribution in [0.1, 0.15) is 17.2 Å².